The summed E-state index contributed by atoms with van der Waals surface area (Å²) >= 11 is 0. The summed E-state index contributed by atoms with van der Waals surface area (Å²) in [5.74, 6) is -0.338. The van der Waals surface area contributed by atoms with Gasteiger partial charge in [-0.15, -0.1) is 0 Å². The molecule has 8 rings (SSSR count). The number of benzene rings is 3. The summed E-state index contributed by atoms with van der Waals surface area (Å²) in [7, 11) is 2.20. The van der Waals surface area contributed by atoms with Gasteiger partial charge in [0.05, 0.1) is 22.8 Å². The van der Waals surface area contributed by atoms with Crippen LogP contribution in [0.25, 0.3) is 0 Å². The second-order valence-electron chi connectivity index (χ2n) is 19.4. The first-order valence-corrected chi connectivity index (χ1v) is 22.0. The molecule has 3 atom stereocenters. The molecule has 3 aliphatic heterocycles. The number of fused-ring (bicyclic) bond motifs is 1. The Balaban J connectivity index is 0.785. The fourth-order valence-electron chi connectivity index (χ4n) is 11.2. The van der Waals surface area contributed by atoms with Crippen LogP contribution in [0.15, 0.2) is 54.6 Å². The summed E-state index contributed by atoms with van der Waals surface area (Å²) in [6.07, 6.45) is 4.96. The Morgan fingerprint density at radius 3 is 2.16 bits per heavy atom. The van der Waals surface area contributed by atoms with E-state index in [9.17, 15) is 29.2 Å². The normalized spacial score (nSPS) is 25.6. The maximum absolute atomic E-state index is 13.6. The fourth-order valence-corrected chi connectivity index (χ4v) is 11.2. The number of amides is 5. The monoisotopic (exact) mass is 842 g/mol. The molecule has 3 aromatic rings. The van der Waals surface area contributed by atoms with Crippen LogP contribution in [0.4, 0.5) is 5.69 Å². The third-order valence-corrected chi connectivity index (χ3v) is 14.3. The van der Waals surface area contributed by atoms with Gasteiger partial charge < -0.3 is 24.6 Å². The van der Waals surface area contributed by atoms with Crippen LogP contribution < -0.4 is 25.0 Å². The molecule has 2 aliphatic carbocycles. The van der Waals surface area contributed by atoms with Gasteiger partial charge in [0.1, 0.15) is 29.7 Å². The van der Waals surface area contributed by atoms with E-state index in [2.05, 4.69) is 73.4 Å². The van der Waals surface area contributed by atoms with E-state index in [1.54, 1.807) is 18.2 Å². The van der Waals surface area contributed by atoms with E-state index in [0.717, 1.165) is 79.2 Å². The molecule has 0 radical (unpaired) electrons. The fraction of sp³-hybridized carbons (Fsp3) is 0.510. The van der Waals surface area contributed by atoms with Crippen molar-refractivity contribution in [3.63, 3.8) is 0 Å². The molecule has 2 saturated heterocycles. The van der Waals surface area contributed by atoms with Gasteiger partial charge in [-0.2, -0.15) is 5.26 Å². The Labute approximate surface area is 364 Å². The Hall–Kier alpha value is -5.74. The smallest absolute Gasteiger partial charge is 0.262 e. The summed E-state index contributed by atoms with van der Waals surface area (Å²) in [6.45, 7) is 15.3. The van der Waals surface area contributed by atoms with Crippen LogP contribution in [-0.4, -0.2) is 96.4 Å². The summed E-state index contributed by atoms with van der Waals surface area (Å²) in [5, 5.41) is 15.0. The highest BCUT2D eigenvalue weighted by atomic mass is 16.5. The third kappa shape index (κ3) is 7.94. The van der Waals surface area contributed by atoms with E-state index in [0.29, 0.717) is 28.8 Å². The largest absolute Gasteiger partial charge is 0.490 e. The topological polar surface area (TPSA) is 161 Å². The van der Waals surface area contributed by atoms with Gasteiger partial charge in [0.25, 0.3) is 17.7 Å². The molecular weight excluding hydrogens is 785 g/mol. The lowest BCUT2D eigenvalue weighted by atomic mass is 9.49. The van der Waals surface area contributed by atoms with Gasteiger partial charge in [0.15, 0.2) is 0 Å². The molecule has 0 aromatic heterocycles. The Kier molecular flexibility index (Phi) is 11.4. The van der Waals surface area contributed by atoms with Crippen LogP contribution in [0.1, 0.15) is 120 Å². The lowest BCUT2D eigenvalue weighted by Crippen LogP contribution is -2.74. The van der Waals surface area contributed by atoms with Gasteiger partial charge in [-0.25, -0.2) is 0 Å². The molecule has 13 heteroatoms. The second kappa shape index (κ2) is 16.5. The van der Waals surface area contributed by atoms with Crippen LogP contribution in [0.5, 0.6) is 11.5 Å². The number of carbonyl (C=O) groups is 5. The van der Waals surface area contributed by atoms with Crippen LogP contribution in [0, 0.1) is 41.9 Å². The van der Waals surface area contributed by atoms with Crippen molar-refractivity contribution >= 4 is 35.2 Å². The van der Waals surface area contributed by atoms with Crippen LogP contribution in [-0.2, 0) is 9.59 Å². The van der Waals surface area contributed by atoms with Crippen LogP contribution in [0.3, 0.4) is 0 Å². The molecule has 3 heterocycles. The molecule has 2 N–H and O–H groups in total. The molecule has 4 fully saturated rings. The first kappa shape index (κ1) is 42.9. The zero-order valence-corrected chi connectivity index (χ0v) is 36.9. The highest BCUT2D eigenvalue weighted by molar-refractivity contribution is 6.23. The number of ether oxygens (including phenoxy) is 2. The maximum Gasteiger partial charge on any atom is 0.262 e. The van der Waals surface area contributed by atoms with Gasteiger partial charge in [0, 0.05) is 60.2 Å². The van der Waals surface area contributed by atoms with Crippen molar-refractivity contribution in [2.75, 3.05) is 31.6 Å². The van der Waals surface area contributed by atoms with E-state index >= 15 is 0 Å². The maximum atomic E-state index is 13.6. The number of nitrogens with one attached hydrogen (secondary N) is 2. The molecule has 5 amide bonds. The van der Waals surface area contributed by atoms with Gasteiger partial charge >= 0.3 is 0 Å². The highest BCUT2D eigenvalue weighted by Crippen LogP contribution is 2.55. The Morgan fingerprint density at radius 1 is 0.855 bits per heavy atom. The van der Waals surface area contributed by atoms with Crippen molar-refractivity contribution in [3.05, 3.63) is 88.0 Å². The van der Waals surface area contributed by atoms with Crippen molar-refractivity contribution in [1.29, 1.82) is 5.26 Å². The summed E-state index contributed by atoms with van der Waals surface area (Å²) < 4.78 is 12.9. The number of imide groups is 2. The highest BCUT2D eigenvalue weighted by Gasteiger charge is 2.64. The van der Waals surface area contributed by atoms with Gasteiger partial charge in [-0.1, -0.05) is 27.7 Å². The molecular formula is C49H58N6O7. The molecule has 3 aromatic carbocycles. The molecule has 0 bridgehead atoms. The second-order valence-corrected chi connectivity index (χ2v) is 19.4. The number of piperidine rings is 2. The average molecular weight is 843 g/mol. The molecule has 13 nitrogen and oxygen atoms in total. The van der Waals surface area contributed by atoms with Gasteiger partial charge in [-0.05, 0) is 131 Å². The minimum Gasteiger partial charge on any atom is -0.490 e. The Bertz CT molecular complexity index is 2300. The van der Waals surface area contributed by atoms with Crippen LogP contribution >= 0.6 is 0 Å². The SMILES string of the molecule is Cc1cc(OC2C(C)(C)C(NC(=O)c3ccc(N4CCC(CN(C)[C@H]5CC[C@@H](Oc6ccc7c(c6)C(=O)N(C6CCC(=O)NC6=O)C7=O)C5)CC4)cc3)C2(C)C)cc(C)c1C#N. The van der Waals surface area contributed by atoms with E-state index in [4.69, 9.17) is 9.47 Å². The zero-order chi connectivity index (χ0) is 44.2. The van der Waals surface area contributed by atoms with Crippen molar-refractivity contribution in [2.45, 2.75) is 117 Å². The van der Waals surface area contributed by atoms with E-state index < -0.39 is 29.7 Å². The predicted molar refractivity (Wildman–Crippen MR) is 233 cm³/mol. The standard InChI is InChI=1S/C49H58N6O7/c1-28-22-36(23-29(2)39(28)26-50)62-47-48(3,4)46(49(47,5)6)52-42(57)31-8-10-32(11-9-31)54-20-18-30(19-21-54)27-53(7)33-12-13-34(24-33)61-35-14-15-37-38(25-35)45(60)55(44(37)59)40-16-17-41(56)51-43(40)58/h8-11,14-15,22-23,25,30,33-34,40,46-47H,12-13,16-21,24,27H2,1-7H3,(H,52,57)(H,51,56,58)/t33-,34+,40?,46?,47?/m0/s1. The number of hydrogen-bond donors (Lipinski definition) is 2. The van der Waals surface area contributed by atoms with E-state index in [1.807, 2.05) is 38.1 Å². The van der Waals surface area contributed by atoms with Gasteiger partial charge in [-0.3, -0.25) is 34.2 Å². The number of rotatable bonds is 11. The molecule has 2 saturated carbocycles. The predicted octanol–water partition coefficient (Wildman–Crippen LogP) is 6.34. The summed E-state index contributed by atoms with van der Waals surface area (Å²) in [6, 6.07) is 18.3. The zero-order valence-electron chi connectivity index (χ0n) is 36.9. The van der Waals surface area contributed by atoms with Crippen LogP contribution in [0.2, 0.25) is 0 Å². The number of carbonyl (C=O) groups excluding carboxylic acids is 5. The number of nitriles is 1. The lowest BCUT2D eigenvalue weighted by molar-refractivity contribution is -0.164. The average Bonchev–Trinajstić information content (AvgIpc) is 3.80. The van der Waals surface area contributed by atoms with Crippen molar-refractivity contribution in [1.82, 2.24) is 20.4 Å². The number of anilines is 1. The molecule has 1 unspecified atom stereocenters. The minimum absolute atomic E-state index is 0.0164. The molecule has 5 aliphatic rings. The van der Waals surface area contributed by atoms with Crippen molar-refractivity contribution in [3.8, 4) is 17.6 Å². The number of nitrogens with zero attached hydrogens (tertiary/aromatic N) is 4. The summed E-state index contributed by atoms with van der Waals surface area (Å²) in [4.78, 5) is 69.9. The lowest BCUT2D eigenvalue weighted by Gasteiger charge is -2.63. The number of hydrogen-bond acceptors (Lipinski definition) is 10. The number of aryl methyl sites for hydroxylation is 2. The third-order valence-electron chi connectivity index (χ3n) is 14.3. The minimum atomic E-state index is -0.998. The summed E-state index contributed by atoms with van der Waals surface area (Å²) in [5.41, 5.74) is 4.06. The first-order valence-electron chi connectivity index (χ1n) is 22.0. The quantitative estimate of drug-likeness (QED) is 0.209. The molecule has 62 heavy (non-hydrogen) atoms. The van der Waals surface area contributed by atoms with Crippen molar-refractivity contribution in [2.24, 2.45) is 16.7 Å². The van der Waals surface area contributed by atoms with E-state index in [-0.39, 0.29) is 59.0 Å². The Morgan fingerprint density at radius 2 is 1.52 bits per heavy atom. The van der Waals surface area contributed by atoms with Crippen molar-refractivity contribution < 1.29 is 33.4 Å². The van der Waals surface area contributed by atoms with Gasteiger partial charge in [0.2, 0.25) is 11.8 Å². The molecule has 326 valence electrons. The molecule has 0 spiro atoms. The van der Waals surface area contributed by atoms with E-state index in [1.165, 1.54) is 0 Å². The first-order chi connectivity index (χ1) is 29.5.